The molecule has 7 heteroatoms. The number of nitrogens with zero attached hydrogens (tertiary/aromatic N) is 2. The third-order valence-corrected chi connectivity index (χ3v) is 6.35. The summed E-state index contributed by atoms with van der Waals surface area (Å²) in [5.41, 5.74) is 2.95. The summed E-state index contributed by atoms with van der Waals surface area (Å²) < 4.78 is 24.8. The van der Waals surface area contributed by atoms with Crippen molar-refractivity contribution in [2.75, 3.05) is 11.5 Å². The fraction of sp³-hybridized carbons (Fsp3) is 0.438. The Morgan fingerprint density at radius 2 is 2.09 bits per heavy atom. The van der Waals surface area contributed by atoms with Crippen LogP contribution in [0, 0.1) is 6.92 Å². The first-order chi connectivity index (χ1) is 10.9. The number of hydrogen-bond donors (Lipinski definition) is 1. The summed E-state index contributed by atoms with van der Waals surface area (Å²) in [4.78, 5) is 0. The lowest BCUT2D eigenvalue weighted by molar-refractivity contribution is 0.553. The summed E-state index contributed by atoms with van der Waals surface area (Å²) in [5, 5.41) is 8.41. The van der Waals surface area contributed by atoms with Gasteiger partial charge in [0.25, 0.3) is 0 Å². The van der Waals surface area contributed by atoms with E-state index >= 15 is 0 Å². The van der Waals surface area contributed by atoms with Crippen LogP contribution in [0.25, 0.3) is 0 Å². The van der Waals surface area contributed by atoms with E-state index in [1.165, 1.54) is 0 Å². The Morgan fingerprint density at radius 1 is 1.35 bits per heavy atom. The summed E-state index contributed by atoms with van der Waals surface area (Å²) in [6.45, 7) is 3.09. The number of sulfone groups is 1. The lowest BCUT2D eigenvalue weighted by atomic mass is 10.2. The van der Waals surface area contributed by atoms with Gasteiger partial charge >= 0.3 is 0 Å². The van der Waals surface area contributed by atoms with Crippen molar-refractivity contribution in [1.82, 2.24) is 15.1 Å². The molecule has 1 aliphatic heterocycles. The highest BCUT2D eigenvalue weighted by atomic mass is 35.5. The van der Waals surface area contributed by atoms with Gasteiger partial charge in [0, 0.05) is 18.2 Å². The Balaban J connectivity index is 1.69. The Labute approximate surface area is 141 Å². The molecule has 1 N–H and O–H groups in total. The van der Waals surface area contributed by atoms with Crippen LogP contribution >= 0.6 is 11.6 Å². The van der Waals surface area contributed by atoms with Gasteiger partial charge in [0.2, 0.25) is 0 Å². The molecule has 1 saturated heterocycles. The van der Waals surface area contributed by atoms with Crippen molar-refractivity contribution in [3.05, 3.63) is 52.3 Å². The normalized spacial score (nSPS) is 20.0. The maximum absolute atomic E-state index is 11.5. The van der Waals surface area contributed by atoms with E-state index in [0.717, 1.165) is 16.8 Å². The maximum Gasteiger partial charge on any atom is 0.151 e. The van der Waals surface area contributed by atoms with Crippen molar-refractivity contribution in [2.24, 2.45) is 0 Å². The second kappa shape index (κ2) is 6.63. The molecule has 0 aliphatic carbocycles. The van der Waals surface area contributed by atoms with E-state index in [-0.39, 0.29) is 17.5 Å². The molecular formula is C16H20ClN3O2S. The number of aromatic nitrogens is 2. The average Bonchev–Trinajstić information content (AvgIpc) is 2.98. The second-order valence-corrected chi connectivity index (χ2v) is 8.57. The van der Waals surface area contributed by atoms with Crippen molar-refractivity contribution >= 4 is 21.4 Å². The third-order valence-electron chi connectivity index (χ3n) is 4.16. The minimum Gasteiger partial charge on any atom is -0.309 e. The second-order valence-electron chi connectivity index (χ2n) is 5.98. The van der Waals surface area contributed by atoms with Crippen LogP contribution in [0.1, 0.15) is 23.2 Å². The van der Waals surface area contributed by atoms with Gasteiger partial charge in [-0.05, 0) is 18.9 Å². The van der Waals surface area contributed by atoms with E-state index in [0.29, 0.717) is 24.7 Å². The van der Waals surface area contributed by atoms with E-state index in [4.69, 9.17) is 11.6 Å². The molecule has 23 heavy (non-hydrogen) atoms. The molecule has 1 aromatic carbocycles. The zero-order valence-electron chi connectivity index (χ0n) is 13.0. The van der Waals surface area contributed by atoms with Gasteiger partial charge in [0.15, 0.2) is 9.84 Å². The molecule has 0 radical (unpaired) electrons. The van der Waals surface area contributed by atoms with Gasteiger partial charge in [-0.15, -0.1) is 0 Å². The van der Waals surface area contributed by atoms with Crippen LogP contribution in [0.2, 0.25) is 5.15 Å². The Morgan fingerprint density at radius 3 is 2.74 bits per heavy atom. The van der Waals surface area contributed by atoms with Crippen molar-refractivity contribution in [3.63, 3.8) is 0 Å². The largest absolute Gasteiger partial charge is 0.309 e. The number of hydrogen-bond acceptors (Lipinski definition) is 4. The molecule has 0 bridgehead atoms. The molecule has 0 saturated carbocycles. The van der Waals surface area contributed by atoms with E-state index in [1.54, 1.807) is 4.68 Å². The van der Waals surface area contributed by atoms with Gasteiger partial charge in [0.05, 0.1) is 23.7 Å². The summed E-state index contributed by atoms with van der Waals surface area (Å²) in [6, 6.07) is 10.0. The van der Waals surface area contributed by atoms with Gasteiger partial charge in [-0.25, -0.2) is 13.1 Å². The lowest BCUT2D eigenvalue weighted by Crippen LogP contribution is -2.29. The van der Waals surface area contributed by atoms with Gasteiger partial charge in [-0.1, -0.05) is 41.9 Å². The molecule has 3 rings (SSSR count). The molecule has 0 amide bonds. The minimum absolute atomic E-state index is 0.00735. The van der Waals surface area contributed by atoms with Crippen molar-refractivity contribution in [3.8, 4) is 0 Å². The molecule has 1 aromatic heterocycles. The van der Waals surface area contributed by atoms with Crippen molar-refractivity contribution in [2.45, 2.75) is 32.5 Å². The summed E-state index contributed by atoms with van der Waals surface area (Å²) in [6.07, 6.45) is 0.664. The van der Waals surface area contributed by atoms with Gasteiger partial charge in [0.1, 0.15) is 5.15 Å². The maximum atomic E-state index is 11.5. The van der Waals surface area contributed by atoms with E-state index < -0.39 is 9.84 Å². The molecule has 124 valence electrons. The first-order valence-electron chi connectivity index (χ1n) is 7.64. The first kappa shape index (κ1) is 16.5. The molecule has 1 atom stereocenters. The molecule has 2 heterocycles. The fourth-order valence-electron chi connectivity index (χ4n) is 2.85. The quantitative estimate of drug-likeness (QED) is 0.894. The first-order valence-corrected chi connectivity index (χ1v) is 9.84. The smallest absolute Gasteiger partial charge is 0.151 e. The Bertz CT molecular complexity index is 787. The molecule has 1 fully saturated rings. The molecular weight excluding hydrogens is 334 g/mol. The Hall–Kier alpha value is -1.37. The van der Waals surface area contributed by atoms with Gasteiger partial charge < -0.3 is 5.32 Å². The molecule has 2 aromatic rings. The summed E-state index contributed by atoms with van der Waals surface area (Å²) in [5.74, 6) is 0.479. The van der Waals surface area contributed by atoms with Crippen LogP contribution < -0.4 is 5.32 Å². The van der Waals surface area contributed by atoms with E-state index in [2.05, 4.69) is 10.4 Å². The van der Waals surface area contributed by atoms with Crippen LogP contribution in [0.15, 0.2) is 30.3 Å². The van der Waals surface area contributed by atoms with Gasteiger partial charge in [-0.3, -0.25) is 0 Å². The zero-order valence-corrected chi connectivity index (χ0v) is 14.6. The highest BCUT2D eigenvalue weighted by Crippen LogP contribution is 2.22. The van der Waals surface area contributed by atoms with Crippen LogP contribution in [0.4, 0.5) is 0 Å². The highest BCUT2D eigenvalue weighted by Gasteiger charge is 2.27. The van der Waals surface area contributed by atoms with Crippen molar-refractivity contribution in [1.29, 1.82) is 0 Å². The summed E-state index contributed by atoms with van der Waals surface area (Å²) in [7, 11) is -2.87. The number of aryl methyl sites for hydroxylation is 1. The monoisotopic (exact) mass is 353 g/mol. The van der Waals surface area contributed by atoms with Crippen LogP contribution in [0.3, 0.4) is 0 Å². The number of nitrogens with one attached hydrogen (secondary N) is 1. The number of benzene rings is 1. The molecule has 1 aliphatic rings. The van der Waals surface area contributed by atoms with Crippen LogP contribution in [0.5, 0.6) is 0 Å². The van der Waals surface area contributed by atoms with E-state index in [9.17, 15) is 8.42 Å². The minimum atomic E-state index is -2.87. The highest BCUT2D eigenvalue weighted by molar-refractivity contribution is 7.91. The lowest BCUT2D eigenvalue weighted by Gasteiger charge is -2.10. The fourth-order valence-corrected chi connectivity index (χ4v) is 4.86. The van der Waals surface area contributed by atoms with Crippen LogP contribution in [-0.2, 0) is 22.9 Å². The SMILES string of the molecule is Cc1nn(Cc2ccccc2)c(Cl)c1CNC1CCS(=O)(=O)C1. The molecule has 1 unspecified atom stereocenters. The number of halogens is 1. The van der Waals surface area contributed by atoms with Crippen molar-refractivity contribution < 1.29 is 8.42 Å². The molecule has 5 nitrogen and oxygen atoms in total. The topological polar surface area (TPSA) is 64.0 Å². The Kier molecular flexibility index (Phi) is 4.75. The predicted octanol–water partition coefficient (Wildman–Crippen LogP) is 2.17. The predicted molar refractivity (Wildman–Crippen MR) is 91.4 cm³/mol. The molecule has 0 spiro atoms. The standard InChI is InChI=1S/C16H20ClN3O2S/c1-12-15(9-18-14-7-8-23(21,22)11-14)16(17)20(19-12)10-13-5-3-2-4-6-13/h2-6,14,18H,7-11H2,1H3. The van der Waals surface area contributed by atoms with Crippen LogP contribution in [-0.4, -0.2) is 35.7 Å². The van der Waals surface area contributed by atoms with E-state index in [1.807, 2.05) is 37.3 Å². The van der Waals surface area contributed by atoms with Gasteiger partial charge in [-0.2, -0.15) is 5.10 Å². The zero-order chi connectivity index (χ0) is 16.4. The summed E-state index contributed by atoms with van der Waals surface area (Å²) >= 11 is 6.46. The average molecular weight is 354 g/mol. The third kappa shape index (κ3) is 3.94. The number of rotatable bonds is 5.